The summed E-state index contributed by atoms with van der Waals surface area (Å²) >= 11 is 0. The van der Waals surface area contributed by atoms with Crippen molar-refractivity contribution >= 4 is 11.9 Å². The van der Waals surface area contributed by atoms with Crippen LogP contribution < -0.4 is 10.9 Å². The first-order valence-electron chi connectivity index (χ1n) is 5.45. The molecule has 0 aliphatic rings. The molecule has 0 aliphatic carbocycles. The molecular formula is C12H16N2O4. The van der Waals surface area contributed by atoms with Crippen molar-refractivity contribution in [3.63, 3.8) is 0 Å². The highest BCUT2D eigenvalue weighted by atomic mass is 16.4. The van der Waals surface area contributed by atoms with Crippen LogP contribution in [0.4, 0.5) is 0 Å². The van der Waals surface area contributed by atoms with Crippen molar-refractivity contribution in [1.82, 2.24) is 9.88 Å². The second-order valence-corrected chi connectivity index (χ2v) is 4.94. The quantitative estimate of drug-likeness (QED) is 0.818. The number of amides is 1. The molecule has 6 nitrogen and oxygen atoms in total. The van der Waals surface area contributed by atoms with Gasteiger partial charge in [-0.1, -0.05) is 6.07 Å². The Bertz CT molecular complexity index is 526. The number of hydrogen-bond acceptors (Lipinski definition) is 3. The van der Waals surface area contributed by atoms with Gasteiger partial charge in [0.15, 0.2) is 0 Å². The van der Waals surface area contributed by atoms with Gasteiger partial charge in [-0.3, -0.25) is 14.2 Å². The fourth-order valence-corrected chi connectivity index (χ4v) is 1.47. The number of carbonyl (C=O) groups excluding carboxylic acids is 1. The Morgan fingerprint density at radius 1 is 1.33 bits per heavy atom. The molecule has 1 amide bonds. The summed E-state index contributed by atoms with van der Waals surface area (Å²) in [6, 6.07) is 3.86. The van der Waals surface area contributed by atoms with Gasteiger partial charge < -0.3 is 10.4 Å². The minimum Gasteiger partial charge on any atom is -0.477 e. The van der Waals surface area contributed by atoms with E-state index < -0.39 is 23.0 Å². The number of nitrogens with one attached hydrogen (secondary N) is 1. The average molecular weight is 252 g/mol. The molecule has 1 rings (SSSR count). The van der Waals surface area contributed by atoms with Crippen LogP contribution in [0.5, 0.6) is 0 Å². The highest BCUT2D eigenvalue weighted by Crippen LogP contribution is 2.00. The van der Waals surface area contributed by atoms with Crippen LogP contribution in [0, 0.1) is 0 Å². The summed E-state index contributed by atoms with van der Waals surface area (Å²) in [5.74, 6) is -1.64. The van der Waals surface area contributed by atoms with Crippen LogP contribution in [0.2, 0.25) is 0 Å². The van der Waals surface area contributed by atoms with Gasteiger partial charge >= 0.3 is 5.97 Å². The summed E-state index contributed by atoms with van der Waals surface area (Å²) in [6.07, 6.45) is 0. The molecule has 98 valence electrons. The largest absolute Gasteiger partial charge is 0.477 e. The molecule has 1 heterocycles. The van der Waals surface area contributed by atoms with Gasteiger partial charge in [0.25, 0.3) is 5.56 Å². The van der Waals surface area contributed by atoms with E-state index in [1.54, 1.807) is 20.8 Å². The number of hydrogen-bond donors (Lipinski definition) is 2. The molecule has 0 bridgehead atoms. The summed E-state index contributed by atoms with van der Waals surface area (Å²) in [6.45, 7) is 5.10. The lowest BCUT2D eigenvalue weighted by molar-refractivity contribution is -0.123. The molecule has 0 unspecified atom stereocenters. The molecule has 0 spiro atoms. The fourth-order valence-electron chi connectivity index (χ4n) is 1.47. The molecule has 0 saturated carbocycles. The molecule has 1 aromatic rings. The van der Waals surface area contributed by atoms with Crippen LogP contribution in [-0.2, 0) is 11.3 Å². The van der Waals surface area contributed by atoms with Gasteiger partial charge in [-0.05, 0) is 26.8 Å². The second-order valence-electron chi connectivity index (χ2n) is 4.94. The Kier molecular flexibility index (Phi) is 3.90. The van der Waals surface area contributed by atoms with Gasteiger partial charge in [-0.2, -0.15) is 0 Å². The third-order valence-electron chi connectivity index (χ3n) is 2.08. The van der Waals surface area contributed by atoms with Crippen LogP contribution in [0.25, 0.3) is 0 Å². The number of nitrogens with zero attached hydrogens (tertiary/aromatic N) is 1. The fraction of sp³-hybridized carbons (Fsp3) is 0.417. The Morgan fingerprint density at radius 3 is 2.44 bits per heavy atom. The van der Waals surface area contributed by atoms with E-state index in [1.165, 1.54) is 18.2 Å². The molecule has 1 aromatic heterocycles. The number of carboxylic acids is 1. The van der Waals surface area contributed by atoms with Crippen molar-refractivity contribution in [1.29, 1.82) is 0 Å². The number of aromatic carboxylic acids is 1. The third-order valence-corrected chi connectivity index (χ3v) is 2.08. The number of carboxylic acid groups (broad SMARTS) is 1. The van der Waals surface area contributed by atoms with E-state index in [0.29, 0.717) is 0 Å². The van der Waals surface area contributed by atoms with Gasteiger partial charge in [0.2, 0.25) is 5.91 Å². The van der Waals surface area contributed by atoms with E-state index in [2.05, 4.69) is 5.32 Å². The maximum Gasteiger partial charge on any atom is 0.352 e. The van der Waals surface area contributed by atoms with E-state index in [9.17, 15) is 14.4 Å². The molecule has 0 radical (unpaired) electrons. The molecule has 0 aliphatic heterocycles. The van der Waals surface area contributed by atoms with Crippen molar-refractivity contribution in [3.8, 4) is 0 Å². The van der Waals surface area contributed by atoms with Crippen molar-refractivity contribution in [3.05, 3.63) is 34.2 Å². The smallest absolute Gasteiger partial charge is 0.352 e. The van der Waals surface area contributed by atoms with Crippen LogP contribution >= 0.6 is 0 Å². The molecule has 0 aromatic carbocycles. The van der Waals surface area contributed by atoms with Crippen LogP contribution in [0.1, 0.15) is 31.3 Å². The maximum atomic E-state index is 11.7. The molecule has 2 N–H and O–H groups in total. The third kappa shape index (κ3) is 3.73. The lowest BCUT2D eigenvalue weighted by Crippen LogP contribution is -2.44. The molecule has 0 saturated heterocycles. The first kappa shape index (κ1) is 14.0. The van der Waals surface area contributed by atoms with Crippen LogP contribution in [0.15, 0.2) is 23.0 Å². The van der Waals surface area contributed by atoms with Crippen molar-refractivity contribution in [2.45, 2.75) is 32.9 Å². The highest BCUT2D eigenvalue weighted by Gasteiger charge is 2.17. The predicted molar refractivity (Wildman–Crippen MR) is 65.6 cm³/mol. The van der Waals surface area contributed by atoms with Crippen LogP contribution in [0.3, 0.4) is 0 Å². The Balaban J connectivity index is 3.01. The minimum atomic E-state index is -1.24. The van der Waals surface area contributed by atoms with E-state index >= 15 is 0 Å². The van der Waals surface area contributed by atoms with Gasteiger partial charge in [0, 0.05) is 11.6 Å². The van der Waals surface area contributed by atoms with E-state index in [0.717, 1.165) is 4.57 Å². The van der Waals surface area contributed by atoms with E-state index in [-0.39, 0.29) is 12.2 Å². The number of rotatable bonds is 3. The number of carbonyl (C=O) groups is 2. The Morgan fingerprint density at radius 2 is 1.94 bits per heavy atom. The summed E-state index contributed by atoms with van der Waals surface area (Å²) in [5.41, 5.74) is -1.15. The zero-order valence-corrected chi connectivity index (χ0v) is 10.6. The summed E-state index contributed by atoms with van der Waals surface area (Å²) in [7, 11) is 0. The lowest BCUT2D eigenvalue weighted by atomic mass is 10.1. The standard InChI is InChI=1S/C12H16N2O4/c1-12(2,3)13-9(15)7-14-8(11(17)18)5-4-6-10(14)16/h4-6H,7H2,1-3H3,(H,13,15)(H,17,18). The summed E-state index contributed by atoms with van der Waals surface area (Å²) < 4.78 is 0.934. The normalized spacial score (nSPS) is 11.1. The van der Waals surface area contributed by atoms with Gasteiger partial charge in [-0.25, -0.2) is 4.79 Å². The first-order valence-corrected chi connectivity index (χ1v) is 5.45. The molecule has 6 heteroatoms. The van der Waals surface area contributed by atoms with Gasteiger partial charge in [-0.15, -0.1) is 0 Å². The van der Waals surface area contributed by atoms with Crippen molar-refractivity contribution < 1.29 is 14.7 Å². The van der Waals surface area contributed by atoms with Gasteiger partial charge in [0.05, 0.1) is 0 Å². The zero-order chi connectivity index (χ0) is 13.9. The molecule has 0 atom stereocenters. The maximum absolute atomic E-state index is 11.7. The Hall–Kier alpha value is -2.11. The van der Waals surface area contributed by atoms with E-state index in [4.69, 9.17) is 5.11 Å². The average Bonchev–Trinajstić information content (AvgIpc) is 2.17. The SMILES string of the molecule is CC(C)(C)NC(=O)Cn1c(C(=O)O)cccc1=O. The minimum absolute atomic E-state index is 0.202. The van der Waals surface area contributed by atoms with Gasteiger partial charge in [0.1, 0.15) is 12.2 Å². The number of aromatic nitrogens is 1. The lowest BCUT2D eigenvalue weighted by Gasteiger charge is -2.21. The first-order chi connectivity index (χ1) is 8.20. The Labute approximate surface area is 104 Å². The monoisotopic (exact) mass is 252 g/mol. The van der Waals surface area contributed by atoms with Crippen molar-refractivity contribution in [2.75, 3.05) is 0 Å². The van der Waals surface area contributed by atoms with E-state index in [1.807, 2.05) is 0 Å². The second kappa shape index (κ2) is 5.03. The number of pyridine rings is 1. The zero-order valence-electron chi connectivity index (χ0n) is 10.6. The topological polar surface area (TPSA) is 88.4 Å². The summed E-state index contributed by atoms with van der Waals surface area (Å²) in [4.78, 5) is 34.2. The molecular weight excluding hydrogens is 236 g/mol. The highest BCUT2D eigenvalue weighted by molar-refractivity contribution is 5.86. The van der Waals surface area contributed by atoms with Crippen LogP contribution in [-0.4, -0.2) is 27.1 Å². The summed E-state index contributed by atoms with van der Waals surface area (Å²) in [5, 5.41) is 11.6. The molecule has 18 heavy (non-hydrogen) atoms. The predicted octanol–water partition coefficient (Wildman–Crippen LogP) is 0.461. The van der Waals surface area contributed by atoms with Crippen molar-refractivity contribution in [2.24, 2.45) is 0 Å². The molecule has 0 fully saturated rings.